The van der Waals surface area contributed by atoms with E-state index in [0.29, 0.717) is 6.54 Å². The predicted octanol–water partition coefficient (Wildman–Crippen LogP) is 4.27. The second-order valence-corrected chi connectivity index (χ2v) is 9.43. The van der Waals surface area contributed by atoms with Crippen LogP contribution in [0.15, 0.2) is 66.7 Å². The third kappa shape index (κ3) is 5.15. The van der Waals surface area contributed by atoms with Crippen molar-refractivity contribution >= 4 is 5.69 Å². The molecule has 1 aromatic heterocycles. The van der Waals surface area contributed by atoms with E-state index in [4.69, 9.17) is 9.47 Å². The molecule has 1 aliphatic rings. The van der Waals surface area contributed by atoms with Crippen molar-refractivity contribution in [3.05, 3.63) is 94.8 Å². The van der Waals surface area contributed by atoms with E-state index < -0.39 is 0 Å². The van der Waals surface area contributed by atoms with Crippen LogP contribution in [0.4, 0.5) is 5.69 Å². The topological polar surface area (TPSA) is 68.5 Å². The fourth-order valence-electron chi connectivity index (χ4n) is 5.11. The molecule has 0 N–H and O–H groups in total. The van der Waals surface area contributed by atoms with Crippen LogP contribution >= 0.6 is 0 Å². The average Bonchev–Trinajstić information content (AvgIpc) is 3.39. The first-order valence-corrected chi connectivity index (χ1v) is 12.7. The lowest BCUT2D eigenvalue weighted by Crippen LogP contribution is -2.48. The molecule has 1 fully saturated rings. The summed E-state index contributed by atoms with van der Waals surface area (Å²) in [4.78, 5) is 4.95. The smallest absolute Gasteiger partial charge is 0.173 e. The van der Waals surface area contributed by atoms with Crippen molar-refractivity contribution in [2.75, 3.05) is 45.3 Å². The van der Waals surface area contributed by atoms with E-state index in [9.17, 15) is 0 Å². The van der Waals surface area contributed by atoms with Gasteiger partial charge in [-0.25, -0.2) is 4.68 Å². The highest BCUT2D eigenvalue weighted by molar-refractivity contribution is 5.56. The molecule has 4 aromatic rings. The van der Waals surface area contributed by atoms with E-state index in [1.165, 1.54) is 16.8 Å². The first-order chi connectivity index (χ1) is 18.1. The predicted molar refractivity (Wildman–Crippen MR) is 144 cm³/mol. The highest BCUT2D eigenvalue weighted by atomic mass is 16.5. The minimum atomic E-state index is -0.134. The maximum absolute atomic E-state index is 5.79. The first kappa shape index (κ1) is 24.8. The van der Waals surface area contributed by atoms with Crippen molar-refractivity contribution in [2.24, 2.45) is 0 Å². The molecule has 3 aromatic carbocycles. The van der Waals surface area contributed by atoms with Gasteiger partial charge in [-0.05, 0) is 65.2 Å². The summed E-state index contributed by atoms with van der Waals surface area (Å²) in [5.41, 5.74) is 6.16. The molecule has 0 unspecified atom stereocenters. The molecule has 0 amide bonds. The summed E-state index contributed by atoms with van der Waals surface area (Å²) < 4.78 is 13.0. The number of para-hydroxylation sites is 1. The molecule has 0 spiro atoms. The quantitative estimate of drug-likeness (QED) is 0.359. The van der Waals surface area contributed by atoms with Gasteiger partial charge in [-0.3, -0.25) is 4.90 Å². The summed E-state index contributed by atoms with van der Waals surface area (Å²) in [6.45, 7) is 8.57. The van der Waals surface area contributed by atoms with Crippen LogP contribution < -0.4 is 14.4 Å². The molecule has 8 heteroatoms. The maximum Gasteiger partial charge on any atom is 0.173 e. The van der Waals surface area contributed by atoms with E-state index in [1.54, 1.807) is 14.2 Å². The van der Waals surface area contributed by atoms with Gasteiger partial charge in [0.05, 0.1) is 20.8 Å². The lowest BCUT2D eigenvalue weighted by molar-refractivity contribution is 0.198. The molecule has 2 heterocycles. The molecule has 0 saturated carbocycles. The van der Waals surface area contributed by atoms with Gasteiger partial charge in [0.1, 0.15) is 17.5 Å². The van der Waals surface area contributed by atoms with Gasteiger partial charge in [-0.15, -0.1) is 5.10 Å². The van der Waals surface area contributed by atoms with Crippen LogP contribution in [0.2, 0.25) is 0 Å². The second-order valence-electron chi connectivity index (χ2n) is 9.43. The maximum atomic E-state index is 5.79. The summed E-state index contributed by atoms with van der Waals surface area (Å²) in [5.74, 6) is 2.47. The number of aryl methyl sites for hydroxylation is 1. The summed E-state index contributed by atoms with van der Waals surface area (Å²) in [6.07, 6.45) is 0. The average molecular weight is 499 g/mol. The summed E-state index contributed by atoms with van der Waals surface area (Å²) >= 11 is 0. The third-order valence-electron chi connectivity index (χ3n) is 7.33. The summed E-state index contributed by atoms with van der Waals surface area (Å²) in [7, 11) is 3.39. The van der Waals surface area contributed by atoms with Gasteiger partial charge in [-0.1, -0.05) is 42.5 Å². The highest BCUT2D eigenvalue weighted by Crippen LogP contribution is 2.35. The number of tetrazole rings is 1. The Hall–Kier alpha value is -3.91. The molecular formula is C29H34N6O2. The number of rotatable bonds is 8. The van der Waals surface area contributed by atoms with Gasteiger partial charge in [0.2, 0.25) is 0 Å². The molecular weight excluding hydrogens is 464 g/mol. The van der Waals surface area contributed by atoms with Crippen LogP contribution in [-0.4, -0.2) is 65.5 Å². The monoisotopic (exact) mass is 498 g/mol. The minimum absolute atomic E-state index is 0.134. The number of hydrogen-bond acceptors (Lipinski definition) is 7. The van der Waals surface area contributed by atoms with Crippen molar-refractivity contribution < 1.29 is 9.47 Å². The van der Waals surface area contributed by atoms with E-state index >= 15 is 0 Å². The molecule has 1 atom stereocenters. The van der Waals surface area contributed by atoms with Crippen LogP contribution in [0.3, 0.4) is 0 Å². The van der Waals surface area contributed by atoms with Crippen molar-refractivity contribution in [1.82, 2.24) is 25.1 Å². The zero-order chi connectivity index (χ0) is 25.8. The van der Waals surface area contributed by atoms with E-state index in [1.807, 2.05) is 41.1 Å². The van der Waals surface area contributed by atoms with Crippen LogP contribution in [0.5, 0.6) is 11.5 Å². The van der Waals surface area contributed by atoms with Crippen LogP contribution in [0, 0.1) is 13.8 Å². The Morgan fingerprint density at radius 1 is 0.838 bits per heavy atom. The van der Waals surface area contributed by atoms with Crippen LogP contribution in [0.1, 0.15) is 34.1 Å². The Morgan fingerprint density at radius 3 is 2.32 bits per heavy atom. The number of ether oxygens (including phenoxy) is 2. The number of benzene rings is 3. The standard InChI is InChI=1S/C29H34N6O2/c1-21-8-7-10-26(22(21)2)33-16-18-34(19-17-33)28(25-9-5-6-11-27(25)37-4)29-30-31-32-35(29)20-23-12-14-24(36-3)15-13-23/h5-15,28H,16-20H2,1-4H3/t28-/m1/s1. The molecule has 37 heavy (non-hydrogen) atoms. The molecule has 1 saturated heterocycles. The van der Waals surface area contributed by atoms with E-state index in [0.717, 1.165) is 54.6 Å². The van der Waals surface area contributed by atoms with Crippen molar-refractivity contribution in [3.8, 4) is 11.5 Å². The van der Waals surface area contributed by atoms with Gasteiger partial charge in [0.25, 0.3) is 0 Å². The first-order valence-electron chi connectivity index (χ1n) is 12.7. The Labute approximate surface area is 218 Å². The van der Waals surface area contributed by atoms with Gasteiger partial charge in [-0.2, -0.15) is 0 Å². The number of methoxy groups -OCH3 is 2. The second kappa shape index (κ2) is 11.0. The highest BCUT2D eigenvalue weighted by Gasteiger charge is 2.32. The Balaban J connectivity index is 1.45. The number of hydrogen-bond donors (Lipinski definition) is 0. The van der Waals surface area contributed by atoms with Crippen molar-refractivity contribution in [1.29, 1.82) is 0 Å². The molecule has 8 nitrogen and oxygen atoms in total. The van der Waals surface area contributed by atoms with Gasteiger partial charge in [0, 0.05) is 37.4 Å². The lowest BCUT2D eigenvalue weighted by Gasteiger charge is -2.40. The fourth-order valence-corrected chi connectivity index (χ4v) is 5.11. The molecule has 5 rings (SSSR count). The zero-order valence-electron chi connectivity index (χ0n) is 22.0. The molecule has 0 aliphatic carbocycles. The van der Waals surface area contributed by atoms with Crippen molar-refractivity contribution in [3.63, 3.8) is 0 Å². The number of nitrogens with zero attached hydrogens (tertiary/aromatic N) is 6. The molecule has 1 aliphatic heterocycles. The van der Waals surface area contributed by atoms with Crippen LogP contribution in [0.25, 0.3) is 0 Å². The zero-order valence-corrected chi connectivity index (χ0v) is 22.0. The van der Waals surface area contributed by atoms with Crippen molar-refractivity contribution in [2.45, 2.75) is 26.4 Å². The number of anilines is 1. The largest absolute Gasteiger partial charge is 0.497 e. The van der Waals surface area contributed by atoms with Crippen LogP contribution in [-0.2, 0) is 6.54 Å². The SMILES string of the molecule is COc1ccc(Cn2nnnc2[C@@H](c2ccccc2OC)N2CCN(c3cccc(C)c3C)CC2)cc1. The van der Waals surface area contributed by atoms with Gasteiger partial charge in [0.15, 0.2) is 5.82 Å². The van der Waals surface area contributed by atoms with Gasteiger partial charge < -0.3 is 14.4 Å². The third-order valence-corrected chi connectivity index (χ3v) is 7.33. The Kier molecular flexibility index (Phi) is 7.37. The molecule has 0 bridgehead atoms. The summed E-state index contributed by atoms with van der Waals surface area (Å²) in [5, 5.41) is 13.0. The minimum Gasteiger partial charge on any atom is -0.497 e. The van der Waals surface area contributed by atoms with Gasteiger partial charge >= 0.3 is 0 Å². The van der Waals surface area contributed by atoms with E-state index in [-0.39, 0.29) is 6.04 Å². The Morgan fingerprint density at radius 2 is 1.59 bits per heavy atom. The normalized spacial score (nSPS) is 15.0. The Bertz CT molecular complexity index is 1330. The number of piperazine rings is 1. The lowest BCUT2D eigenvalue weighted by atomic mass is 10.0. The fraction of sp³-hybridized carbons (Fsp3) is 0.345. The molecule has 192 valence electrons. The number of aromatic nitrogens is 4. The van der Waals surface area contributed by atoms with E-state index in [2.05, 4.69) is 69.5 Å². The summed E-state index contributed by atoms with van der Waals surface area (Å²) in [6, 6.07) is 22.6. The molecule has 0 radical (unpaired) electrons.